The summed E-state index contributed by atoms with van der Waals surface area (Å²) in [6, 6.07) is 10.9. The zero-order chi connectivity index (χ0) is 17.2. The maximum Gasteiger partial charge on any atom is 0.180 e. The van der Waals surface area contributed by atoms with Crippen molar-refractivity contribution in [2.24, 2.45) is 0 Å². The summed E-state index contributed by atoms with van der Waals surface area (Å²) in [6.45, 7) is 0. The first-order valence-electron chi connectivity index (χ1n) is 6.38. The van der Waals surface area contributed by atoms with E-state index in [1.807, 2.05) is 30.3 Å². The van der Waals surface area contributed by atoms with Gasteiger partial charge in [-0.25, -0.2) is 4.98 Å². The molecule has 120 valence electrons. The Morgan fingerprint density at radius 2 is 1.96 bits per heavy atom. The van der Waals surface area contributed by atoms with Gasteiger partial charge in [0.25, 0.3) is 0 Å². The van der Waals surface area contributed by atoms with Gasteiger partial charge in [-0.3, -0.25) is 0 Å². The quantitative estimate of drug-likeness (QED) is 0.393. The first kappa shape index (κ1) is 19.9. The molecule has 2 rings (SSSR count). The van der Waals surface area contributed by atoms with Gasteiger partial charge in [-0.1, -0.05) is 41.8 Å². The van der Waals surface area contributed by atoms with Crippen LogP contribution in [0.4, 0.5) is 0 Å². The molecule has 0 radical (unpaired) electrons. The summed E-state index contributed by atoms with van der Waals surface area (Å²) in [5.41, 5.74) is 2.54. The predicted molar refractivity (Wildman–Crippen MR) is 101 cm³/mol. The van der Waals surface area contributed by atoms with Crippen LogP contribution in [0, 0.1) is 12.3 Å². The Bertz CT molecular complexity index is 675. The van der Waals surface area contributed by atoms with Crippen LogP contribution in [0.2, 0.25) is 5.15 Å². The standard InChI is InChI=1S/C10H10Br2O2.C7H4ClN/c1-14-10(13)8-4-2-7(3-5-8)6-9(11)12;1-2-6-3-4-7(8)9-5-6/h2-6,10,13H,1H3;1,3-5H. The van der Waals surface area contributed by atoms with Crippen molar-refractivity contribution in [2.75, 3.05) is 7.11 Å². The summed E-state index contributed by atoms with van der Waals surface area (Å²) >= 11 is 12.0. The van der Waals surface area contributed by atoms with Gasteiger partial charge in [-0.15, -0.1) is 6.42 Å². The molecule has 1 heterocycles. The van der Waals surface area contributed by atoms with E-state index in [-0.39, 0.29) is 0 Å². The highest BCUT2D eigenvalue weighted by molar-refractivity contribution is 9.28. The molecule has 1 aromatic carbocycles. The number of methoxy groups -OCH3 is 1. The number of terminal acetylenes is 1. The van der Waals surface area contributed by atoms with Crippen LogP contribution in [0.25, 0.3) is 6.08 Å². The molecule has 3 nitrogen and oxygen atoms in total. The van der Waals surface area contributed by atoms with Crippen LogP contribution in [0.5, 0.6) is 0 Å². The molecule has 0 saturated heterocycles. The van der Waals surface area contributed by atoms with Crippen LogP contribution in [0.3, 0.4) is 0 Å². The lowest BCUT2D eigenvalue weighted by Gasteiger charge is -2.08. The Morgan fingerprint density at radius 1 is 1.30 bits per heavy atom. The van der Waals surface area contributed by atoms with Gasteiger partial charge in [-0.05, 0) is 55.6 Å². The summed E-state index contributed by atoms with van der Waals surface area (Å²) in [5, 5.41) is 9.81. The Morgan fingerprint density at radius 3 is 2.39 bits per heavy atom. The molecule has 0 bridgehead atoms. The first-order valence-corrected chi connectivity index (χ1v) is 8.34. The Hall–Kier alpha value is -1.16. The fourth-order valence-electron chi connectivity index (χ4n) is 1.48. The molecule has 0 fully saturated rings. The highest BCUT2D eigenvalue weighted by Gasteiger charge is 2.03. The minimum atomic E-state index is -0.847. The van der Waals surface area contributed by atoms with Crippen molar-refractivity contribution >= 4 is 49.5 Å². The van der Waals surface area contributed by atoms with Gasteiger partial charge in [0.2, 0.25) is 0 Å². The van der Waals surface area contributed by atoms with E-state index in [1.54, 1.807) is 18.3 Å². The van der Waals surface area contributed by atoms with Gasteiger partial charge in [0.15, 0.2) is 6.29 Å². The lowest BCUT2D eigenvalue weighted by molar-refractivity contribution is -0.0769. The molecule has 1 unspecified atom stereocenters. The predicted octanol–water partition coefficient (Wildman–Crippen LogP) is 5.13. The molecule has 6 heteroatoms. The average molecular weight is 460 g/mol. The van der Waals surface area contributed by atoms with Gasteiger partial charge >= 0.3 is 0 Å². The van der Waals surface area contributed by atoms with Crippen LogP contribution >= 0.6 is 43.5 Å². The molecule has 0 amide bonds. The van der Waals surface area contributed by atoms with Gasteiger partial charge in [0.05, 0.1) is 3.39 Å². The van der Waals surface area contributed by atoms with E-state index < -0.39 is 6.29 Å². The maximum absolute atomic E-state index is 9.35. The molecule has 0 aliphatic rings. The number of rotatable bonds is 3. The zero-order valence-corrected chi connectivity index (χ0v) is 16.1. The van der Waals surface area contributed by atoms with E-state index in [9.17, 15) is 5.11 Å². The SMILES string of the molecule is C#Cc1ccc(Cl)nc1.COC(O)c1ccc(C=C(Br)Br)cc1. The smallest absolute Gasteiger partial charge is 0.180 e. The van der Waals surface area contributed by atoms with Crippen molar-refractivity contribution in [2.45, 2.75) is 6.29 Å². The number of hydrogen-bond donors (Lipinski definition) is 1. The van der Waals surface area contributed by atoms with Crippen LogP contribution in [0.15, 0.2) is 46.0 Å². The highest BCUT2D eigenvalue weighted by atomic mass is 79.9. The topological polar surface area (TPSA) is 42.4 Å². The number of benzene rings is 1. The summed E-state index contributed by atoms with van der Waals surface area (Å²) in [4.78, 5) is 3.77. The molecule has 2 aromatic rings. The van der Waals surface area contributed by atoms with Crippen LogP contribution in [0.1, 0.15) is 23.0 Å². The van der Waals surface area contributed by atoms with Crippen LogP contribution < -0.4 is 0 Å². The number of aliphatic hydroxyl groups is 1. The second kappa shape index (κ2) is 10.6. The largest absolute Gasteiger partial charge is 0.364 e. The second-order valence-corrected chi connectivity index (χ2v) is 7.36. The zero-order valence-electron chi connectivity index (χ0n) is 12.2. The minimum Gasteiger partial charge on any atom is -0.364 e. The molecule has 23 heavy (non-hydrogen) atoms. The molecule has 0 aliphatic carbocycles. The fourth-order valence-corrected chi connectivity index (χ4v) is 2.12. The minimum absolute atomic E-state index is 0.467. The summed E-state index contributed by atoms with van der Waals surface area (Å²) < 4.78 is 5.66. The van der Waals surface area contributed by atoms with Gasteiger partial charge in [0, 0.05) is 24.4 Å². The van der Waals surface area contributed by atoms with E-state index >= 15 is 0 Å². The normalized spacial score (nSPS) is 10.8. The average Bonchev–Trinajstić information content (AvgIpc) is 2.55. The van der Waals surface area contributed by atoms with E-state index in [4.69, 9.17) is 22.8 Å². The monoisotopic (exact) mass is 457 g/mol. The van der Waals surface area contributed by atoms with E-state index in [1.165, 1.54) is 7.11 Å². The summed E-state index contributed by atoms with van der Waals surface area (Å²) in [5.74, 6) is 2.43. The van der Waals surface area contributed by atoms with E-state index in [0.29, 0.717) is 5.15 Å². The molecule has 0 aliphatic heterocycles. The molecular formula is C17H14Br2ClNO2. The third kappa shape index (κ3) is 7.78. The van der Waals surface area contributed by atoms with Crippen molar-refractivity contribution < 1.29 is 9.84 Å². The lowest BCUT2D eigenvalue weighted by Crippen LogP contribution is -1.98. The van der Waals surface area contributed by atoms with Crippen molar-refractivity contribution in [3.63, 3.8) is 0 Å². The highest BCUT2D eigenvalue weighted by Crippen LogP contribution is 2.20. The number of halogens is 3. The molecule has 0 spiro atoms. The van der Waals surface area contributed by atoms with Gasteiger partial charge < -0.3 is 9.84 Å². The molecule has 1 aromatic heterocycles. The van der Waals surface area contributed by atoms with Crippen LogP contribution in [-0.2, 0) is 4.74 Å². The number of pyridine rings is 1. The van der Waals surface area contributed by atoms with Gasteiger partial charge in [-0.2, -0.15) is 0 Å². The van der Waals surface area contributed by atoms with Crippen molar-refractivity contribution in [3.8, 4) is 12.3 Å². The van der Waals surface area contributed by atoms with Gasteiger partial charge in [0.1, 0.15) is 5.15 Å². The van der Waals surface area contributed by atoms with Crippen molar-refractivity contribution in [3.05, 3.63) is 67.8 Å². The molecule has 1 N–H and O–H groups in total. The number of nitrogens with zero attached hydrogens (tertiary/aromatic N) is 1. The summed E-state index contributed by atoms with van der Waals surface area (Å²) in [7, 11) is 1.47. The number of hydrogen-bond acceptors (Lipinski definition) is 3. The third-order valence-corrected chi connectivity index (χ3v) is 3.30. The lowest BCUT2D eigenvalue weighted by atomic mass is 10.1. The number of aromatic nitrogens is 1. The second-order valence-electron chi connectivity index (χ2n) is 4.20. The van der Waals surface area contributed by atoms with Crippen molar-refractivity contribution in [1.82, 2.24) is 4.98 Å². The first-order chi connectivity index (χ1) is 11.0. The van der Waals surface area contributed by atoms with E-state index in [0.717, 1.165) is 20.1 Å². The molecule has 0 saturated carbocycles. The molecular weight excluding hydrogens is 445 g/mol. The maximum atomic E-state index is 9.35. The number of ether oxygens (including phenoxy) is 1. The Balaban J connectivity index is 0.000000253. The third-order valence-electron chi connectivity index (χ3n) is 2.61. The summed E-state index contributed by atoms with van der Waals surface area (Å²) in [6.07, 6.45) is 7.70. The van der Waals surface area contributed by atoms with Crippen LogP contribution in [-0.4, -0.2) is 17.2 Å². The Labute approximate surface area is 157 Å². The Kier molecular flexibility index (Phi) is 9.15. The fraction of sp³-hybridized carbons (Fsp3) is 0.118. The van der Waals surface area contributed by atoms with E-state index in [2.05, 4.69) is 42.8 Å². The number of aliphatic hydroxyl groups excluding tert-OH is 1. The molecule has 1 atom stereocenters. The van der Waals surface area contributed by atoms with Crippen molar-refractivity contribution in [1.29, 1.82) is 0 Å².